The zero-order chi connectivity index (χ0) is 29.5. The van der Waals surface area contributed by atoms with Crippen molar-refractivity contribution in [2.75, 3.05) is 0 Å². The molecule has 0 atom stereocenters. The zero-order valence-electron chi connectivity index (χ0n) is 23.1. The van der Waals surface area contributed by atoms with Crippen molar-refractivity contribution < 1.29 is 12.6 Å². The lowest BCUT2D eigenvalue weighted by Gasteiger charge is -2.27. The second-order valence-electron chi connectivity index (χ2n) is 9.68. The normalized spacial score (nSPS) is 11.8. The van der Waals surface area contributed by atoms with Gasteiger partial charge in [-0.15, -0.1) is 11.3 Å². The highest BCUT2D eigenvalue weighted by Crippen LogP contribution is 2.50. The number of hydrogen-bond donors (Lipinski definition) is 0. The van der Waals surface area contributed by atoms with Crippen LogP contribution in [0.2, 0.25) is 0 Å². The van der Waals surface area contributed by atoms with E-state index in [-0.39, 0.29) is 9.96 Å². The van der Waals surface area contributed by atoms with Gasteiger partial charge in [-0.1, -0.05) is 140 Å². The number of thiophene rings is 1. The SMILES string of the molecule is O=S(=O)(Oc1ccc(N=P(c2ccccc2)(c2ccccc2)c2ccccc2)c(/C=C/c2ccccc2)c1)c1cccs1. The summed E-state index contributed by atoms with van der Waals surface area (Å²) in [7, 11) is -6.52. The van der Waals surface area contributed by atoms with E-state index in [2.05, 4.69) is 36.4 Å². The van der Waals surface area contributed by atoms with Gasteiger partial charge in [0.2, 0.25) is 0 Å². The van der Waals surface area contributed by atoms with Crippen molar-refractivity contribution in [1.82, 2.24) is 0 Å². The summed E-state index contributed by atoms with van der Waals surface area (Å²) in [4.78, 5) is 0. The molecule has 0 fully saturated rings. The van der Waals surface area contributed by atoms with Gasteiger partial charge >= 0.3 is 10.1 Å². The first-order valence-electron chi connectivity index (χ1n) is 13.7. The minimum absolute atomic E-state index is 0.157. The minimum atomic E-state index is -3.96. The standard InChI is InChI=1S/C36H28NO3PS2/c38-43(39,36-22-13-27-42-36)40-31-25-26-35(30(28-31)24-23-29-14-5-1-6-15-29)37-41(32-16-7-2-8-17-32,33-18-9-3-10-19-33)34-20-11-4-12-21-34/h1-28H/b24-23+. The Morgan fingerprint density at radius 3 is 1.65 bits per heavy atom. The van der Waals surface area contributed by atoms with E-state index >= 15 is 0 Å². The van der Waals surface area contributed by atoms with Crippen molar-refractivity contribution in [3.8, 4) is 5.75 Å². The number of rotatable bonds is 9. The molecular weight excluding hydrogens is 590 g/mol. The molecule has 212 valence electrons. The topological polar surface area (TPSA) is 55.7 Å². The molecule has 0 N–H and O–H groups in total. The van der Waals surface area contributed by atoms with Crippen LogP contribution in [0.3, 0.4) is 0 Å². The fourth-order valence-corrected chi connectivity index (χ4v) is 10.3. The number of hydrogen-bond acceptors (Lipinski definition) is 5. The molecule has 1 aromatic heterocycles. The summed E-state index contributed by atoms with van der Waals surface area (Å²) >= 11 is 1.12. The smallest absolute Gasteiger partial charge is 0.348 e. The predicted molar refractivity (Wildman–Crippen MR) is 181 cm³/mol. The van der Waals surface area contributed by atoms with Crippen molar-refractivity contribution in [2.24, 2.45) is 4.74 Å². The summed E-state index contributed by atoms with van der Waals surface area (Å²) in [6, 6.07) is 49.7. The maximum absolute atomic E-state index is 13.0. The van der Waals surface area contributed by atoms with Crippen LogP contribution in [0, 0.1) is 0 Å². The largest absolute Gasteiger partial charge is 0.378 e. The Morgan fingerprint density at radius 2 is 1.14 bits per heavy atom. The van der Waals surface area contributed by atoms with Gasteiger partial charge < -0.3 is 4.18 Å². The molecule has 0 spiro atoms. The van der Waals surface area contributed by atoms with Crippen LogP contribution in [-0.4, -0.2) is 8.42 Å². The molecule has 0 unspecified atom stereocenters. The molecule has 0 radical (unpaired) electrons. The van der Waals surface area contributed by atoms with Gasteiger partial charge in [0.15, 0.2) is 4.21 Å². The molecule has 0 saturated heterocycles. The Labute approximate surface area is 256 Å². The highest BCUT2D eigenvalue weighted by molar-refractivity contribution is 7.89. The van der Waals surface area contributed by atoms with Crippen molar-refractivity contribution in [1.29, 1.82) is 0 Å². The summed E-state index contributed by atoms with van der Waals surface area (Å²) < 4.78 is 37.4. The van der Waals surface area contributed by atoms with E-state index in [9.17, 15) is 8.42 Å². The van der Waals surface area contributed by atoms with Crippen LogP contribution in [0.5, 0.6) is 5.75 Å². The van der Waals surface area contributed by atoms with Gasteiger partial charge in [-0.2, -0.15) is 8.42 Å². The van der Waals surface area contributed by atoms with Crippen LogP contribution < -0.4 is 20.1 Å². The van der Waals surface area contributed by atoms with Gasteiger partial charge in [0.05, 0.1) is 12.7 Å². The summed E-state index contributed by atoms with van der Waals surface area (Å²) in [6.07, 6.45) is 3.97. The molecule has 5 aromatic carbocycles. The summed E-state index contributed by atoms with van der Waals surface area (Å²) in [5, 5.41) is 5.06. The monoisotopic (exact) mass is 617 g/mol. The Hall–Kier alpha value is -4.48. The van der Waals surface area contributed by atoms with E-state index in [0.29, 0.717) is 0 Å². The van der Waals surface area contributed by atoms with E-state index < -0.39 is 17.2 Å². The Balaban J connectivity index is 1.60. The molecule has 0 aliphatic heterocycles. The van der Waals surface area contributed by atoms with Crippen LogP contribution in [0.4, 0.5) is 5.69 Å². The molecule has 43 heavy (non-hydrogen) atoms. The summed E-state index contributed by atoms with van der Waals surface area (Å²) in [5.74, 6) is 0.225. The average molecular weight is 618 g/mol. The fourth-order valence-electron chi connectivity index (χ4n) is 4.85. The van der Waals surface area contributed by atoms with Crippen LogP contribution >= 0.6 is 18.4 Å². The van der Waals surface area contributed by atoms with Gasteiger partial charge in [0.1, 0.15) is 5.75 Å². The molecule has 6 rings (SSSR count). The second kappa shape index (κ2) is 12.8. The minimum Gasteiger partial charge on any atom is -0.378 e. The first-order valence-corrected chi connectivity index (χ1v) is 17.7. The summed E-state index contributed by atoms with van der Waals surface area (Å²) in [6.45, 7) is 0. The zero-order valence-corrected chi connectivity index (χ0v) is 25.6. The van der Waals surface area contributed by atoms with E-state index in [1.54, 1.807) is 29.6 Å². The first kappa shape index (κ1) is 28.6. The molecule has 4 nitrogen and oxygen atoms in total. The Kier molecular flexibility index (Phi) is 8.52. The first-order chi connectivity index (χ1) is 21.0. The molecular formula is C36H28NO3PS2. The van der Waals surface area contributed by atoms with E-state index in [4.69, 9.17) is 8.93 Å². The third kappa shape index (κ3) is 6.32. The van der Waals surface area contributed by atoms with Gasteiger partial charge in [-0.05, 0) is 35.2 Å². The molecule has 6 aromatic rings. The van der Waals surface area contributed by atoms with Crippen LogP contribution in [-0.2, 0) is 10.1 Å². The molecule has 1 heterocycles. The Morgan fingerprint density at radius 1 is 0.605 bits per heavy atom. The Bertz CT molecular complexity index is 1890. The van der Waals surface area contributed by atoms with Gasteiger partial charge in [-0.3, -0.25) is 4.74 Å². The highest BCUT2D eigenvalue weighted by Gasteiger charge is 2.28. The third-order valence-electron chi connectivity index (χ3n) is 6.85. The van der Waals surface area contributed by atoms with E-state index in [1.807, 2.05) is 103 Å². The second-order valence-corrected chi connectivity index (χ2v) is 15.4. The van der Waals surface area contributed by atoms with E-state index in [1.165, 1.54) is 0 Å². The molecule has 0 amide bonds. The van der Waals surface area contributed by atoms with Gasteiger partial charge in [0.25, 0.3) is 0 Å². The van der Waals surface area contributed by atoms with Crippen molar-refractivity contribution in [2.45, 2.75) is 4.21 Å². The lowest BCUT2D eigenvalue weighted by molar-refractivity contribution is 0.488. The van der Waals surface area contributed by atoms with Gasteiger partial charge in [-0.25, -0.2) is 0 Å². The average Bonchev–Trinajstić information content (AvgIpc) is 3.62. The molecule has 0 aliphatic carbocycles. The van der Waals surface area contributed by atoms with Crippen molar-refractivity contribution in [3.63, 3.8) is 0 Å². The van der Waals surface area contributed by atoms with Gasteiger partial charge in [0, 0.05) is 21.5 Å². The van der Waals surface area contributed by atoms with Crippen LogP contribution in [0.25, 0.3) is 12.2 Å². The number of benzene rings is 5. The highest BCUT2D eigenvalue weighted by atomic mass is 32.3. The number of nitrogens with zero attached hydrogens (tertiary/aromatic N) is 1. The van der Waals surface area contributed by atoms with Crippen molar-refractivity contribution in [3.05, 3.63) is 168 Å². The lowest BCUT2D eigenvalue weighted by atomic mass is 10.1. The van der Waals surface area contributed by atoms with Crippen LogP contribution in [0.15, 0.2) is 166 Å². The quantitative estimate of drug-likeness (QED) is 0.0929. The molecule has 0 aliphatic rings. The van der Waals surface area contributed by atoms with Crippen LogP contribution in [0.1, 0.15) is 11.1 Å². The third-order valence-corrected chi connectivity index (χ3v) is 13.1. The summed E-state index contributed by atoms with van der Waals surface area (Å²) in [5.41, 5.74) is 2.49. The maximum Gasteiger partial charge on any atom is 0.348 e. The predicted octanol–water partition coefficient (Wildman–Crippen LogP) is 8.50. The van der Waals surface area contributed by atoms with Crippen molar-refractivity contribution >= 4 is 62.3 Å². The van der Waals surface area contributed by atoms with E-state index in [0.717, 1.165) is 44.1 Å². The molecule has 0 bridgehead atoms. The fraction of sp³-hybridized carbons (Fsp3) is 0. The lowest BCUT2D eigenvalue weighted by Crippen LogP contribution is -2.25. The maximum atomic E-state index is 13.0. The molecule has 7 heteroatoms. The molecule has 0 saturated carbocycles.